The highest BCUT2D eigenvalue weighted by Crippen LogP contribution is 2.24. The fraction of sp³-hybridized carbons (Fsp3) is 0.263. The van der Waals surface area contributed by atoms with Crippen molar-refractivity contribution in [2.24, 2.45) is 7.05 Å². The van der Waals surface area contributed by atoms with E-state index in [0.717, 1.165) is 28.2 Å². The lowest BCUT2D eigenvalue weighted by Gasteiger charge is -2.11. The summed E-state index contributed by atoms with van der Waals surface area (Å²) in [5.74, 6) is -0.324. The van der Waals surface area contributed by atoms with Crippen LogP contribution in [0.3, 0.4) is 0 Å². The van der Waals surface area contributed by atoms with Crippen molar-refractivity contribution in [2.45, 2.75) is 20.8 Å². The molecule has 6 nitrogen and oxygen atoms in total. The number of amides is 1. The molecule has 2 heterocycles. The summed E-state index contributed by atoms with van der Waals surface area (Å²) in [4.78, 5) is 17.6. The molecule has 0 atom stereocenters. The molecule has 1 aromatic carbocycles. The van der Waals surface area contributed by atoms with E-state index in [1.165, 1.54) is 0 Å². The number of carbonyl (C=O) groups is 1. The van der Waals surface area contributed by atoms with Gasteiger partial charge in [0.25, 0.3) is 5.91 Å². The van der Waals surface area contributed by atoms with Gasteiger partial charge in [0.1, 0.15) is 11.4 Å². The van der Waals surface area contributed by atoms with Gasteiger partial charge in [-0.05, 0) is 50.6 Å². The number of hydroxylamine groups is 1. The number of aryl methyl sites for hydroxylation is 3. The lowest BCUT2D eigenvalue weighted by atomic mass is 10.1. The van der Waals surface area contributed by atoms with Gasteiger partial charge in [-0.15, -0.1) is 0 Å². The molecule has 130 valence electrons. The van der Waals surface area contributed by atoms with E-state index in [-0.39, 0.29) is 5.91 Å². The van der Waals surface area contributed by atoms with Gasteiger partial charge in [-0.3, -0.25) is 9.63 Å². The Kier molecular flexibility index (Phi) is 4.72. The molecule has 0 spiro atoms. The summed E-state index contributed by atoms with van der Waals surface area (Å²) in [6, 6.07) is 11.8. The summed E-state index contributed by atoms with van der Waals surface area (Å²) in [6.45, 7) is 6.26. The Morgan fingerprint density at radius 2 is 2.04 bits per heavy atom. The van der Waals surface area contributed by atoms with Crippen molar-refractivity contribution in [2.75, 3.05) is 6.61 Å². The fourth-order valence-electron chi connectivity index (χ4n) is 2.81. The summed E-state index contributed by atoms with van der Waals surface area (Å²) >= 11 is 0. The molecule has 0 aliphatic heterocycles. The molecular formula is C19H22N4O2. The van der Waals surface area contributed by atoms with E-state index < -0.39 is 0 Å². The minimum absolute atomic E-state index is 0.324. The Bertz CT molecular complexity index is 908. The predicted octanol–water partition coefficient (Wildman–Crippen LogP) is 3.18. The first-order valence-electron chi connectivity index (χ1n) is 8.22. The minimum atomic E-state index is -0.324. The van der Waals surface area contributed by atoms with Crippen LogP contribution in [0.2, 0.25) is 0 Å². The van der Waals surface area contributed by atoms with Crippen molar-refractivity contribution in [3.8, 4) is 17.1 Å². The highest BCUT2D eigenvalue weighted by atomic mass is 16.6. The van der Waals surface area contributed by atoms with Gasteiger partial charge in [-0.1, -0.05) is 17.7 Å². The topological polar surface area (TPSA) is 61.1 Å². The van der Waals surface area contributed by atoms with E-state index in [9.17, 15) is 4.79 Å². The van der Waals surface area contributed by atoms with Crippen LogP contribution >= 0.6 is 0 Å². The number of hydrogen-bond acceptors (Lipinski definition) is 3. The molecule has 1 amide bonds. The van der Waals surface area contributed by atoms with Gasteiger partial charge in [0.05, 0.1) is 18.0 Å². The van der Waals surface area contributed by atoms with E-state index in [4.69, 9.17) is 4.84 Å². The summed E-state index contributed by atoms with van der Waals surface area (Å²) in [6.07, 6.45) is 1.95. The minimum Gasteiger partial charge on any atom is -0.349 e. The van der Waals surface area contributed by atoms with Crippen LogP contribution in [-0.2, 0) is 11.9 Å². The van der Waals surface area contributed by atoms with Crippen LogP contribution in [0, 0.1) is 13.8 Å². The second-order valence-electron chi connectivity index (χ2n) is 5.99. The van der Waals surface area contributed by atoms with Crippen LogP contribution in [-0.4, -0.2) is 26.9 Å². The molecule has 3 aromatic rings. The van der Waals surface area contributed by atoms with Crippen molar-refractivity contribution in [3.05, 3.63) is 59.4 Å². The second-order valence-corrected chi connectivity index (χ2v) is 5.99. The Balaban J connectivity index is 2.13. The Morgan fingerprint density at radius 1 is 1.24 bits per heavy atom. The standard InChI is InChI=1S/C19H22N4O2/c1-5-25-21-19(24)18-12-15(17-7-6-10-22(17)4)20-23(18)16-9-8-13(2)11-14(16)3/h6-12H,5H2,1-4H3,(H,21,24). The molecule has 2 aromatic heterocycles. The number of carbonyl (C=O) groups excluding carboxylic acids is 1. The van der Waals surface area contributed by atoms with E-state index in [2.05, 4.69) is 16.6 Å². The number of benzene rings is 1. The maximum absolute atomic E-state index is 12.5. The zero-order chi connectivity index (χ0) is 18.0. The highest BCUT2D eigenvalue weighted by molar-refractivity contribution is 5.93. The Hall–Kier alpha value is -2.86. The zero-order valence-corrected chi connectivity index (χ0v) is 14.9. The number of nitrogens with zero attached hydrogens (tertiary/aromatic N) is 3. The third kappa shape index (κ3) is 3.34. The van der Waals surface area contributed by atoms with Crippen molar-refractivity contribution in [1.29, 1.82) is 0 Å². The molecule has 0 aliphatic carbocycles. The summed E-state index contributed by atoms with van der Waals surface area (Å²) in [5, 5.41) is 4.68. The second kappa shape index (κ2) is 6.94. The first-order valence-corrected chi connectivity index (χ1v) is 8.22. The summed E-state index contributed by atoms with van der Waals surface area (Å²) in [7, 11) is 1.95. The van der Waals surface area contributed by atoms with Crippen LogP contribution in [0.15, 0.2) is 42.6 Å². The molecule has 6 heteroatoms. The average Bonchev–Trinajstić information content (AvgIpc) is 3.18. The first kappa shape index (κ1) is 17.0. The highest BCUT2D eigenvalue weighted by Gasteiger charge is 2.19. The van der Waals surface area contributed by atoms with Crippen molar-refractivity contribution in [3.63, 3.8) is 0 Å². The van der Waals surface area contributed by atoms with E-state index in [1.54, 1.807) is 10.7 Å². The van der Waals surface area contributed by atoms with Crippen molar-refractivity contribution < 1.29 is 9.63 Å². The summed E-state index contributed by atoms with van der Waals surface area (Å²) in [5.41, 5.74) is 7.63. The van der Waals surface area contributed by atoms with Gasteiger partial charge in [-0.25, -0.2) is 10.2 Å². The number of aromatic nitrogens is 3. The molecule has 0 bridgehead atoms. The Labute approximate surface area is 147 Å². The molecular weight excluding hydrogens is 316 g/mol. The van der Waals surface area contributed by atoms with Gasteiger partial charge >= 0.3 is 0 Å². The smallest absolute Gasteiger partial charge is 0.293 e. The van der Waals surface area contributed by atoms with E-state index in [0.29, 0.717) is 12.3 Å². The lowest BCUT2D eigenvalue weighted by Crippen LogP contribution is -2.26. The number of hydrogen-bond donors (Lipinski definition) is 1. The maximum Gasteiger partial charge on any atom is 0.293 e. The van der Waals surface area contributed by atoms with Crippen LogP contribution < -0.4 is 5.48 Å². The zero-order valence-electron chi connectivity index (χ0n) is 14.9. The van der Waals surface area contributed by atoms with Gasteiger partial charge < -0.3 is 4.57 Å². The molecule has 0 radical (unpaired) electrons. The van der Waals surface area contributed by atoms with Gasteiger partial charge in [0.15, 0.2) is 0 Å². The normalized spacial score (nSPS) is 10.9. The Morgan fingerprint density at radius 3 is 2.68 bits per heavy atom. The SMILES string of the molecule is CCONC(=O)c1cc(-c2cccn2C)nn1-c1ccc(C)cc1C. The predicted molar refractivity (Wildman–Crippen MR) is 96.5 cm³/mol. The van der Waals surface area contributed by atoms with Crippen LogP contribution in [0.5, 0.6) is 0 Å². The molecule has 1 N–H and O–H groups in total. The van der Waals surface area contributed by atoms with E-state index in [1.807, 2.05) is 62.8 Å². The molecule has 0 saturated heterocycles. The number of nitrogens with one attached hydrogen (secondary N) is 1. The van der Waals surface area contributed by atoms with Crippen molar-refractivity contribution >= 4 is 5.91 Å². The van der Waals surface area contributed by atoms with Gasteiger partial charge in [-0.2, -0.15) is 5.10 Å². The first-order chi connectivity index (χ1) is 12.0. The molecule has 25 heavy (non-hydrogen) atoms. The maximum atomic E-state index is 12.5. The third-order valence-electron chi connectivity index (χ3n) is 4.04. The molecule has 3 rings (SSSR count). The van der Waals surface area contributed by atoms with Gasteiger partial charge in [0.2, 0.25) is 0 Å². The van der Waals surface area contributed by atoms with Gasteiger partial charge in [0, 0.05) is 13.2 Å². The third-order valence-corrected chi connectivity index (χ3v) is 4.04. The quantitative estimate of drug-likeness (QED) is 0.727. The molecule has 0 fully saturated rings. The van der Waals surface area contributed by atoms with E-state index >= 15 is 0 Å². The average molecular weight is 338 g/mol. The molecule has 0 aliphatic rings. The van der Waals surface area contributed by atoms with Crippen molar-refractivity contribution in [1.82, 2.24) is 19.8 Å². The van der Waals surface area contributed by atoms with Crippen LogP contribution in [0.25, 0.3) is 17.1 Å². The molecule has 0 unspecified atom stereocenters. The summed E-state index contributed by atoms with van der Waals surface area (Å²) < 4.78 is 3.64. The van der Waals surface area contributed by atoms with Crippen LogP contribution in [0.1, 0.15) is 28.5 Å². The molecule has 0 saturated carbocycles. The monoisotopic (exact) mass is 338 g/mol. The van der Waals surface area contributed by atoms with Crippen LogP contribution in [0.4, 0.5) is 0 Å². The fourth-order valence-corrected chi connectivity index (χ4v) is 2.81. The number of rotatable bonds is 5. The largest absolute Gasteiger partial charge is 0.349 e. The lowest BCUT2D eigenvalue weighted by molar-refractivity contribution is 0.0357.